The van der Waals surface area contributed by atoms with Gasteiger partial charge in [-0.3, -0.25) is 9.59 Å². The van der Waals surface area contributed by atoms with Gasteiger partial charge in [0.05, 0.1) is 0 Å². The highest BCUT2D eigenvalue weighted by molar-refractivity contribution is 5.96. The standard InChI is InChI=1S/C20H24N2O5/c1-2-3-5-10-15(18(21)23)22-19(24)16-11-12-17(27-16)20(25)26-13-14-8-6-4-7-9-14/h4,6-9,11-12,15H,2-3,5,10,13H2,1H3,(H2,21,23)(H,22,24). The topological polar surface area (TPSA) is 112 Å². The number of hydrogen-bond donors (Lipinski definition) is 2. The van der Waals surface area contributed by atoms with Crippen LogP contribution in [0.2, 0.25) is 0 Å². The fraction of sp³-hybridized carbons (Fsp3) is 0.350. The van der Waals surface area contributed by atoms with E-state index in [1.54, 1.807) is 0 Å². The molecule has 27 heavy (non-hydrogen) atoms. The fourth-order valence-electron chi connectivity index (χ4n) is 2.48. The first kappa shape index (κ1) is 20.2. The van der Waals surface area contributed by atoms with E-state index in [0.717, 1.165) is 24.8 Å². The van der Waals surface area contributed by atoms with Crippen LogP contribution >= 0.6 is 0 Å². The third kappa shape index (κ3) is 6.29. The lowest BCUT2D eigenvalue weighted by molar-refractivity contribution is -0.120. The highest BCUT2D eigenvalue weighted by Crippen LogP contribution is 2.12. The van der Waals surface area contributed by atoms with Gasteiger partial charge < -0.3 is 20.2 Å². The first-order valence-corrected chi connectivity index (χ1v) is 8.92. The Kier molecular flexibility index (Phi) is 7.61. The number of furan rings is 1. The second-order valence-corrected chi connectivity index (χ2v) is 6.15. The van der Waals surface area contributed by atoms with Gasteiger partial charge in [-0.25, -0.2) is 4.79 Å². The summed E-state index contributed by atoms with van der Waals surface area (Å²) in [5.41, 5.74) is 6.17. The molecule has 0 saturated carbocycles. The third-order valence-electron chi connectivity index (χ3n) is 3.99. The number of benzene rings is 1. The summed E-state index contributed by atoms with van der Waals surface area (Å²) >= 11 is 0. The van der Waals surface area contributed by atoms with E-state index in [1.807, 2.05) is 37.3 Å². The summed E-state index contributed by atoms with van der Waals surface area (Å²) in [6, 6.07) is 11.2. The summed E-state index contributed by atoms with van der Waals surface area (Å²) in [7, 11) is 0. The lowest BCUT2D eigenvalue weighted by Crippen LogP contribution is -2.44. The van der Waals surface area contributed by atoms with Crippen LogP contribution in [0.4, 0.5) is 0 Å². The second kappa shape index (κ2) is 10.2. The molecule has 0 fully saturated rings. The van der Waals surface area contributed by atoms with Crippen LogP contribution in [0.15, 0.2) is 46.9 Å². The van der Waals surface area contributed by atoms with Crippen molar-refractivity contribution in [2.45, 2.75) is 45.3 Å². The number of unbranched alkanes of at least 4 members (excludes halogenated alkanes) is 2. The molecular weight excluding hydrogens is 348 g/mol. The average Bonchev–Trinajstić information content (AvgIpc) is 3.16. The Morgan fingerprint density at radius 2 is 1.78 bits per heavy atom. The Hall–Kier alpha value is -3.09. The Morgan fingerprint density at radius 3 is 2.44 bits per heavy atom. The van der Waals surface area contributed by atoms with Gasteiger partial charge in [-0.1, -0.05) is 56.5 Å². The van der Waals surface area contributed by atoms with Crippen molar-refractivity contribution in [1.29, 1.82) is 0 Å². The molecule has 0 spiro atoms. The smallest absolute Gasteiger partial charge is 0.374 e. The zero-order chi connectivity index (χ0) is 19.6. The molecular formula is C20H24N2O5. The maximum Gasteiger partial charge on any atom is 0.374 e. The maximum atomic E-state index is 12.2. The summed E-state index contributed by atoms with van der Waals surface area (Å²) < 4.78 is 10.4. The minimum Gasteiger partial charge on any atom is -0.455 e. The van der Waals surface area contributed by atoms with Crippen molar-refractivity contribution in [2.24, 2.45) is 5.73 Å². The first-order chi connectivity index (χ1) is 13.0. The van der Waals surface area contributed by atoms with Crippen molar-refractivity contribution in [3.05, 3.63) is 59.5 Å². The number of ether oxygens (including phenoxy) is 1. The molecule has 0 aliphatic rings. The largest absolute Gasteiger partial charge is 0.455 e. The molecule has 0 saturated heterocycles. The molecule has 0 radical (unpaired) electrons. The van der Waals surface area contributed by atoms with Gasteiger partial charge in [-0.15, -0.1) is 0 Å². The van der Waals surface area contributed by atoms with Crippen LogP contribution in [0.3, 0.4) is 0 Å². The normalized spacial score (nSPS) is 11.6. The van der Waals surface area contributed by atoms with E-state index in [4.69, 9.17) is 14.9 Å². The van der Waals surface area contributed by atoms with Crippen LogP contribution in [-0.2, 0) is 16.1 Å². The van der Waals surface area contributed by atoms with Crippen molar-refractivity contribution < 1.29 is 23.5 Å². The minimum atomic E-state index is -0.775. The van der Waals surface area contributed by atoms with Crippen molar-refractivity contribution in [1.82, 2.24) is 5.32 Å². The van der Waals surface area contributed by atoms with Crippen LogP contribution in [0.5, 0.6) is 0 Å². The number of esters is 1. The van der Waals surface area contributed by atoms with E-state index in [9.17, 15) is 14.4 Å². The lowest BCUT2D eigenvalue weighted by atomic mass is 10.1. The Bertz CT molecular complexity index is 770. The van der Waals surface area contributed by atoms with Gasteiger partial charge in [0.1, 0.15) is 12.6 Å². The van der Waals surface area contributed by atoms with Gasteiger partial charge in [0, 0.05) is 0 Å². The van der Waals surface area contributed by atoms with Gasteiger partial charge in [0.2, 0.25) is 11.7 Å². The lowest BCUT2D eigenvalue weighted by Gasteiger charge is -2.14. The molecule has 1 heterocycles. The Balaban J connectivity index is 1.91. The zero-order valence-electron chi connectivity index (χ0n) is 15.3. The molecule has 2 aromatic rings. The first-order valence-electron chi connectivity index (χ1n) is 8.92. The number of amides is 2. The second-order valence-electron chi connectivity index (χ2n) is 6.15. The number of nitrogens with one attached hydrogen (secondary N) is 1. The molecule has 1 atom stereocenters. The number of hydrogen-bond acceptors (Lipinski definition) is 5. The maximum absolute atomic E-state index is 12.2. The van der Waals surface area contributed by atoms with Gasteiger partial charge in [0.25, 0.3) is 5.91 Å². The summed E-state index contributed by atoms with van der Waals surface area (Å²) in [5.74, 6) is -2.04. The summed E-state index contributed by atoms with van der Waals surface area (Å²) in [6.07, 6.45) is 3.17. The number of nitrogens with two attached hydrogens (primary N) is 1. The minimum absolute atomic E-state index is 0.0802. The molecule has 1 aromatic heterocycles. The van der Waals surface area contributed by atoms with Crippen LogP contribution in [-0.4, -0.2) is 23.8 Å². The highest BCUT2D eigenvalue weighted by Gasteiger charge is 2.22. The Morgan fingerprint density at radius 1 is 1.07 bits per heavy atom. The third-order valence-corrected chi connectivity index (χ3v) is 3.99. The quantitative estimate of drug-likeness (QED) is 0.492. The van der Waals surface area contributed by atoms with Crippen LogP contribution in [0.25, 0.3) is 0 Å². The predicted molar refractivity (Wildman–Crippen MR) is 98.9 cm³/mol. The monoisotopic (exact) mass is 372 g/mol. The fourth-order valence-corrected chi connectivity index (χ4v) is 2.48. The van der Waals surface area contributed by atoms with Crippen molar-refractivity contribution in [3.8, 4) is 0 Å². The molecule has 1 unspecified atom stereocenters. The SMILES string of the molecule is CCCCCC(NC(=O)c1ccc(C(=O)OCc2ccccc2)o1)C(N)=O. The molecule has 0 aliphatic carbocycles. The van der Waals surface area contributed by atoms with E-state index in [0.29, 0.717) is 6.42 Å². The zero-order valence-corrected chi connectivity index (χ0v) is 15.3. The molecule has 3 N–H and O–H groups in total. The number of carbonyl (C=O) groups is 3. The van der Waals surface area contributed by atoms with E-state index in [2.05, 4.69) is 5.32 Å². The van der Waals surface area contributed by atoms with Crippen molar-refractivity contribution in [2.75, 3.05) is 0 Å². The van der Waals surface area contributed by atoms with Crippen LogP contribution < -0.4 is 11.1 Å². The van der Waals surface area contributed by atoms with Gasteiger partial charge in [0.15, 0.2) is 5.76 Å². The van der Waals surface area contributed by atoms with Crippen LogP contribution in [0.1, 0.15) is 59.3 Å². The Labute approximate surface area is 157 Å². The summed E-state index contributed by atoms with van der Waals surface area (Å²) in [6.45, 7) is 2.14. The summed E-state index contributed by atoms with van der Waals surface area (Å²) in [5, 5.41) is 2.54. The number of rotatable bonds is 10. The van der Waals surface area contributed by atoms with E-state index < -0.39 is 23.8 Å². The van der Waals surface area contributed by atoms with Crippen LogP contribution in [0, 0.1) is 0 Å². The molecule has 7 nitrogen and oxygen atoms in total. The van der Waals surface area contributed by atoms with E-state index >= 15 is 0 Å². The molecule has 7 heteroatoms. The van der Waals surface area contributed by atoms with Gasteiger partial charge in [-0.2, -0.15) is 0 Å². The molecule has 2 rings (SSSR count). The van der Waals surface area contributed by atoms with E-state index in [-0.39, 0.29) is 18.1 Å². The van der Waals surface area contributed by atoms with Gasteiger partial charge in [-0.05, 0) is 24.1 Å². The molecule has 144 valence electrons. The van der Waals surface area contributed by atoms with Gasteiger partial charge >= 0.3 is 5.97 Å². The predicted octanol–water partition coefficient (Wildman–Crippen LogP) is 2.80. The molecule has 1 aromatic carbocycles. The summed E-state index contributed by atoms with van der Waals surface area (Å²) in [4.78, 5) is 35.8. The number of primary amides is 1. The number of carbonyl (C=O) groups excluding carboxylic acids is 3. The molecule has 2 amide bonds. The average molecular weight is 372 g/mol. The highest BCUT2D eigenvalue weighted by atomic mass is 16.5. The van der Waals surface area contributed by atoms with E-state index in [1.165, 1.54) is 12.1 Å². The van der Waals surface area contributed by atoms with Crippen molar-refractivity contribution >= 4 is 17.8 Å². The molecule has 0 aliphatic heterocycles. The molecule has 0 bridgehead atoms. The van der Waals surface area contributed by atoms with Crippen molar-refractivity contribution in [3.63, 3.8) is 0 Å².